The van der Waals surface area contributed by atoms with Gasteiger partial charge in [0.05, 0.1) is 0 Å². The highest BCUT2D eigenvalue weighted by Gasteiger charge is 2.12. The van der Waals surface area contributed by atoms with E-state index in [1.807, 2.05) is 0 Å². The van der Waals surface area contributed by atoms with Crippen LogP contribution in [-0.2, 0) is 0 Å². The molecule has 14 nitrogen and oxygen atoms in total. The van der Waals surface area contributed by atoms with Crippen molar-refractivity contribution in [3.05, 3.63) is 10.4 Å². The average molecular weight is 248 g/mol. The van der Waals surface area contributed by atoms with E-state index in [1.165, 1.54) is 0 Å². The fourth-order valence-corrected chi connectivity index (χ4v) is 0.991. The zero-order valence-corrected chi connectivity index (χ0v) is 8.18. The summed E-state index contributed by atoms with van der Waals surface area (Å²) in [6.45, 7) is 0. The van der Waals surface area contributed by atoms with E-state index < -0.39 is 0 Å². The molecule has 0 saturated carbocycles. The van der Waals surface area contributed by atoms with Gasteiger partial charge in [-0.05, 0) is 0 Å². The minimum absolute atomic E-state index is 0.00280. The van der Waals surface area contributed by atoms with Gasteiger partial charge in [-0.2, -0.15) is 9.92 Å². The summed E-state index contributed by atoms with van der Waals surface area (Å²) < 4.78 is 0. The second-order valence-corrected chi connectivity index (χ2v) is 2.78. The van der Waals surface area contributed by atoms with Crippen molar-refractivity contribution in [2.45, 2.75) is 0 Å². The third-order valence-electron chi connectivity index (χ3n) is 1.67. The smallest absolute Gasteiger partial charge is 0.245 e. The number of hydrogen-bond acceptors (Lipinski definition) is 12. The van der Waals surface area contributed by atoms with Crippen LogP contribution in [0.25, 0.3) is 23.3 Å². The van der Waals surface area contributed by atoms with E-state index in [9.17, 15) is 10.4 Å². The zero-order valence-electron chi connectivity index (χ0n) is 8.18. The molecule has 3 aromatic rings. The summed E-state index contributed by atoms with van der Waals surface area (Å²) in [5.41, 5.74) is 0. The van der Waals surface area contributed by atoms with Crippen LogP contribution in [0.15, 0.2) is 0 Å². The molecule has 90 valence electrons. The van der Waals surface area contributed by atoms with Crippen molar-refractivity contribution in [3.63, 3.8) is 0 Å². The number of aromatic nitrogens is 12. The predicted octanol–water partition coefficient (Wildman–Crippen LogP) is -2.73. The summed E-state index contributed by atoms with van der Waals surface area (Å²) in [6.07, 6.45) is 0. The number of rotatable bonds is 2. The van der Waals surface area contributed by atoms with Crippen LogP contribution in [0.3, 0.4) is 0 Å². The Kier molecular flexibility index (Phi) is 1.98. The van der Waals surface area contributed by atoms with Crippen molar-refractivity contribution in [1.82, 2.24) is 61.1 Å². The van der Waals surface area contributed by atoms with Crippen LogP contribution in [0.5, 0.6) is 0 Å². The molecule has 0 N–H and O–H groups in total. The lowest BCUT2D eigenvalue weighted by atomic mass is 10.6. The quantitative estimate of drug-likeness (QED) is 0.456. The molecule has 0 aliphatic heterocycles. The molecule has 3 rings (SSSR count). The molecule has 0 aromatic carbocycles. The number of nitrogens with zero attached hydrogens (tertiary/aromatic N) is 12. The molecule has 0 aliphatic rings. The largest absolute Gasteiger partial charge is 0.773 e. The molecule has 0 bridgehead atoms. The third kappa shape index (κ3) is 1.62. The second-order valence-electron chi connectivity index (χ2n) is 2.78. The van der Waals surface area contributed by atoms with Crippen LogP contribution >= 0.6 is 0 Å². The summed E-state index contributed by atoms with van der Waals surface area (Å²) >= 11 is 0. The highest BCUT2D eigenvalue weighted by Crippen LogP contribution is 2.07. The van der Waals surface area contributed by atoms with Crippen molar-refractivity contribution in [2.75, 3.05) is 0 Å². The van der Waals surface area contributed by atoms with Gasteiger partial charge in [-0.3, -0.25) is 0 Å². The van der Waals surface area contributed by atoms with Crippen LogP contribution in [0.4, 0.5) is 0 Å². The average Bonchev–Trinajstić information content (AvgIpc) is 2.98. The van der Waals surface area contributed by atoms with E-state index in [4.69, 9.17) is 0 Å². The molecule has 0 fully saturated rings. The highest BCUT2D eigenvalue weighted by molar-refractivity contribution is 5.42. The SMILES string of the molecule is [O-]n1nnc(-c2nnc(-c3nnn([O-])n3)nn2)n1. The van der Waals surface area contributed by atoms with Crippen molar-refractivity contribution in [3.8, 4) is 23.3 Å². The van der Waals surface area contributed by atoms with Gasteiger partial charge in [0, 0.05) is 0 Å². The first-order valence-corrected chi connectivity index (χ1v) is 4.25. The first-order chi connectivity index (χ1) is 8.72. The first-order valence-electron chi connectivity index (χ1n) is 4.25. The van der Waals surface area contributed by atoms with Gasteiger partial charge < -0.3 is 10.4 Å². The lowest BCUT2D eigenvalue weighted by molar-refractivity contribution is 0.721. The normalized spacial score (nSPS) is 10.7. The Morgan fingerprint density at radius 1 is 0.556 bits per heavy atom. The van der Waals surface area contributed by atoms with E-state index in [1.54, 1.807) is 0 Å². The molecule has 0 atom stereocenters. The first kappa shape index (κ1) is 9.87. The molecule has 3 aromatic heterocycles. The molecule has 0 radical (unpaired) electrons. The summed E-state index contributed by atoms with van der Waals surface area (Å²) in [7, 11) is 0. The molecule has 14 heteroatoms. The molecule has 18 heavy (non-hydrogen) atoms. The summed E-state index contributed by atoms with van der Waals surface area (Å²) in [4.78, 5) is -0.00560. The molecule has 0 spiro atoms. The highest BCUT2D eigenvalue weighted by atomic mass is 16.5. The monoisotopic (exact) mass is 248 g/mol. The maximum Gasteiger partial charge on any atom is 0.245 e. The molecule has 0 amide bonds. The topological polar surface area (TPSA) is 185 Å². The van der Waals surface area contributed by atoms with Crippen molar-refractivity contribution in [1.29, 1.82) is 0 Å². The van der Waals surface area contributed by atoms with Crippen LogP contribution in [0.2, 0.25) is 0 Å². The molecule has 3 heterocycles. The molecule has 0 saturated heterocycles. The predicted molar refractivity (Wildman–Crippen MR) is 48.8 cm³/mol. The van der Waals surface area contributed by atoms with E-state index in [0.29, 0.717) is 0 Å². The molecule has 0 aliphatic carbocycles. The van der Waals surface area contributed by atoms with Gasteiger partial charge >= 0.3 is 0 Å². The summed E-state index contributed by atoms with van der Waals surface area (Å²) in [5.74, 6) is -0.459. The minimum Gasteiger partial charge on any atom is -0.773 e. The maximum absolute atomic E-state index is 10.6. The van der Waals surface area contributed by atoms with Gasteiger partial charge in [0.1, 0.15) is 0 Å². The Balaban J connectivity index is 1.94. The molecular weight excluding hydrogens is 248 g/mol. The van der Waals surface area contributed by atoms with E-state index in [-0.39, 0.29) is 33.2 Å². The van der Waals surface area contributed by atoms with Crippen LogP contribution < -0.4 is 0 Å². The third-order valence-corrected chi connectivity index (χ3v) is 1.67. The van der Waals surface area contributed by atoms with E-state index >= 15 is 0 Å². The van der Waals surface area contributed by atoms with Crippen molar-refractivity contribution >= 4 is 0 Å². The Morgan fingerprint density at radius 3 is 1.22 bits per heavy atom. The zero-order chi connectivity index (χ0) is 12.5. The van der Waals surface area contributed by atoms with Crippen LogP contribution in [0, 0.1) is 10.4 Å². The molecular formula is C4N12O2-2. The molecule has 0 unspecified atom stereocenters. The summed E-state index contributed by atoms with van der Waals surface area (Å²) in [5, 5.41) is 55.1. The number of tetrazole rings is 2. The lowest BCUT2D eigenvalue weighted by Crippen LogP contribution is -2.01. The van der Waals surface area contributed by atoms with E-state index in [2.05, 4.69) is 51.2 Å². The van der Waals surface area contributed by atoms with Crippen LogP contribution in [-0.4, -0.2) is 61.1 Å². The Morgan fingerprint density at radius 2 is 0.944 bits per heavy atom. The Hall–Kier alpha value is -3.32. The van der Waals surface area contributed by atoms with Crippen molar-refractivity contribution in [2.24, 2.45) is 0 Å². The Labute approximate surface area is 95.8 Å². The van der Waals surface area contributed by atoms with Crippen LogP contribution in [0.1, 0.15) is 0 Å². The second kappa shape index (κ2) is 3.61. The van der Waals surface area contributed by atoms with Crippen molar-refractivity contribution < 1.29 is 0 Å². The summed E-state index contributed by atoms with van der Waals surface area (Å²) in [6, 6.07) is 0. The lowest BCUT2D eigenvalue weighted by Gasteiger charge is -1.95. The van der Waals surface area contributed by atoms with Gasteiger partial charge in [0.15, 0.2) is 0 Å². The van der Waals surface area contributed by atoms with Gasteiger partial charge in [0.2, 0.25) is 23.3 Å². The Bertz CT molecular complexity index is 610. The van der Waals surface area contributed by atoms with Gasteiger partial charge in [0.25, 0.3) is 0 Å². The fourth-order valence-electron chi connectivity index (χ4n) is 0.991. The van der Waals surface area contributed by atoms with Gasteiger partial charge in [-0.1, -0.05) is 10.4 Å². The van der Waals surface area contributed by atoms with Gasteiger partial charge in [-0.25, -0.2) is 0 Å². The minimum atomic E-state index is -0.128. The fraction of sp³-hybridized carbons (Fsp3) is 0. The number of hydrogen-bond donors (Lipinski definition) is 0. The standard InChI is InChI=1S/C4N12O2/c17-15-11-3(9-13-15)1-5-7-2(8-6-1)4-10-14-16(18)12-4/q-2. The van der Waals surface area contributed by atoms with Gasteiger partial charge in [-0.15, -0.1) is 40.8 Å². The van der Waals surface area contributed by atoms with E-state index in [0.717, 1.165) is 0 Å². The maximum atomic E-state index is 10.6.